The smallest absolute Gasteiger partial charge is 0.347 e. The minimum atomic E-state index is -1.16. The predicted octanol–water partition coefficient (Wildman–Crippen LogP) is 2.81. The Balaban J connectivity index is 1.96. The highest BCUT2D eigenvalue weighted by Crippen LogP contribution is 2.29. The van der Waals surface area contributed by atoms with Crippen molar-refractivity contribution in [1.82, 2.24) is 0 Å². The molecule has 0 bridgehead atoms. The van der Waals surface area contributed by atoms with Gasteiger partial charge in [-0.3, -0.25) is 14.9 Å². The Kier molecular flexibility index (Phi) is 7.30. The predicted molar refractivity (Wildman–Crippen MR) is 105 cm³/mol. The van der Waals surface area contributed by atoms with Crippen LogP contribution in [0.2, 0.25) is 0 Å². The van der Waals surface area contributed by atoms with Crippen LogP contribution in [0.3, 0.4) is 0 Å². The van der Waals surface area contributed by atoms with Gasteiger partial charge < -0.3 is 19.5 Å². The maximum absolute atomic E-state index is 12.3. The van der Waals surface area contributed by atoms with Gasteiger partial charge in [-0.1, -0.05) is 0 Å². The molecule has 0 aliphatic heterocycles. The van der Waals surface area contributed by atoms with Gasteiger partial charge in [0, 0.05) is 6.07 Å². The molecule has 0 aliphatic carbocycles. The van der Waals surface area contributed by atoms with Gasteiger partial charge >= 0.3 is 5.97 Å². The zero-order chi connectivity index (χ0) is 22.3. The van der Waals surface area contributed by atoms with E-state index in [1.54, 1.807) is 24.3 Å². The van der Waals surface area contributed by atoms with Gasteiger partial charge in [-0.05, 0) is 44.2 Å². The first-order valence-electron chi connectivity index (χ1n) is 8.75. The number of non-ortho nitro benzene ring substituents is 1. The van der Waals surface area contributed by atoms with Crippen LogP contribution in [-0.2, 0) is 14.3 Å². The van der Waals surface area contributed by atoms with E-state index < -0.39 is 29.0 Å². The molecule has 30 heavy (non-hydrogen) atoms. The first kappa shape index (κ1) is 22.2. The highest BCUT2D eigenvalue weighted by Gasteiger charge is 2.24. The van der Waals surface area contributed by atoms with E-state index in [9.17, 15) is 19.7 Å². The number of nitrogens with one attached hydrogen (secondary N) is 1. The molecule has 0 aromatic heterocycles. The molecule has 2 aromatic carbocycles. The number of rotatable bonds is 8. The summed E-state index contributed by atoms with van der Waals surface area (Å²) in [4.78, 5) is 34.8. The lowest BCUT2D eigenvalue weighted by molar-refractivity contribution is -0.384. The van der Waals surface area contributed by atoms with Gasteiger partial charge in [0.15, 0.2) is 12.2 Å². The van der Waals surface area contributed by atoms with E-state index in [0.717, 1.165) is 0 Å². The second-order valence-corrected chi connectivity index (χ2v) is 6.11. The molecule has 0 saturated heterocycles. The minimum Gasteiger partial charge on any atom is -0.494 e. The molecule has 2 aromatic rings. The van der Waals surface area contributed by atoms with Crippen molar-refractivity contribution in [1.29, 1.82) is 5.26 Å². The molecule has 1 amide bonds. The van der Waals surface area contributed by atoms with Crippen molar-refractivity contribution in [3.63, 3.8) is 0 Å². The number of methoxy groups -OCH3 is 1. The van der Waals surface area contributed by atoms with Gasteiger partial charge in [-0.2, -0.15) is 5.26 Å². The molecule has 1 N–H and O–H groups in total. The monoisotopic (exact) mass is 413 g/mol. The topological polar surface area (TPSA) is 141 Å². The molecule has 0 unspecified atom stereocenters. The number of benzene rings is 2. The fourth-order valence-electron chi connectivity index (χ4n) is 2.31. The summed E-state index contributed by atoms with van der Waals surface area (Å²) < 4.78 is 15.6. The van der Waals surface area contributed by atoms with Crippen LogP contribution >= 0.6 is 0 Å². The lowest BCUT2D eigenvalue weighted by Crippen LogP contribution is -2.35. The number of carbonyl (C=O) groups is 2. The molecule has 0 saturated carbocycles. The lowest BCUT2D eigenvalue weighted by atomic mass is 10.2. The Morgan fingerprint density at radius 1 is 1.13 bits per heavy atom. The van der Waals surface area contributed by atoms with E-state index in [1.807, 2.05) is 6.07 Å². The Bertz CT molecular complexity index is 983. The number of nitriles is 1. The number of hydrogen-bond donors (Lipinski definition) is 1. The van der Waals surface area contributed by atoms with Crippen LogP contribution in [0.5, 0.6) is 11.5 Å². The summed E-state index contributed by atoms with van der Waals surface area (Å²) in [6.45, 7) is 2.84. The van der Waals surface area contributed by atoms with Crippen LogP contribution in [0.15, 0.2) is 42.5 Å². The van der Waals surface area contributed by atoms with Crippen molar-refractivity contribution in [3.8, 4) is 17.6 Å². The summed E-state index contributed by atoms with van der Waals surface area (Å²) in [5.74, 6) is -0.960. The zero-order valence-electron chi connectivity index (χ0n) is 16.4. The first-order valence-corrected chi connectivity index (χ1v) is 8.75. The quantitative estimate of drug-likeness (QED) is 0.396. The van der Waals surface area contributed by atoms with Crippen LogP contribution in [-0.4, -0.2) is 36.1 Å². The third-order valence-corrected chi connectivity index (χ3v) is 3.94. The van der Waals surface area contributed by atoms with Crippen molar-refractivity contribution in [2.24, 2.45) is 0 Å². The van der Waals surface area contributed by atoms with E-state index in [0.29, 0.717) is 11.3 Å². The van der Waals surface area contributed by atoms with Gasteiger partial charge in [0.05, 0.1) is 35.4 Å². The molecule has 0 spiro atoms. The average Bonchev–Trinajstić information content (AvgIpc) is 2.74. The summed E-state index contributed by atoms with van der Waals surface area (Å²) in [5, 5.41) is 22.1. The number of amides is 1. The normalized spacial score (nSPS) is 12.1. The number of anilines is 1. The van der Waals surface area contributed by atoms with Crippen LogP contribution in [0, 0.1) is 21.4 Å². The van der Waals surface area contributed by atoms with Gasteiger partial charge in [-0.15, -0.1) is 0 Å². The molecule has 0 aliphatic rings. The maximum atomic E-state index is 12.3. The third-order valence-electron chi connectivity index (χ3n) is 3.94. The minimum absolute atomic E-state index is 0.0913. The molecule has 10 nitrogen and oxygen atoms in total. The molecule has 10 heteroatoms. The average molecular weight is 413 g/mol. The number of carbonyl (C=O) groups excluding carboxylic acids is 2. The molecule has 2 atom stereocenters. The summed E-state index contributed by atoms with van der Waals surface area (Å²) >= 11 is 0. The van der Waals surface area contributed by atoms with Crippen LogP contribution in [0.25, 0.3) is 0 Å². The molecule has 0 fully saturated rings. The molecular formula is C20H19N3O7. The van der Waals surface area contributed by atoms with Crippen LogP contribution < -0.4 is 14.8 Å². The Hall–Kier alpha value is -4.13. The summed E-state index contributed by atoms with van der Waals surface area (Å²) in [7, 11) is 1.31. The molecule has 0 heterocycles. The van der Waals surface area contributed by atoms with Gasteiger partial charge in [0.2, 0.25) is 0 Å². The number of hydrogen-bond acceptors (Lipinski definition) is 8. The van der Waals surface area contributed by atoms with Crippen molar-refractivity contribution in [2.75, 3.05) is 12.4 Å². The van der Waals surface area contributed by atoms with Crippen molar-refractivity contribution >= 4 is 23.3 Å². The Morgan fingerprint density at radius 3 is 2.37 bits per heavy atom. The number of nitro benzene ring substituents is 1. The fourth-order valence-corrected chi connectivity index (χ4v) is 2.31. The lowest BCUT2D eigenvalue weighted by Gasteiger charge is -2.18. The van der Waals surface area contributed by atoms with Crippen LogP contribution in [0.1, 0.15) is 19.4 Å². The van der Waals surface area contributed by atoms with Crippen LogP contribution in [0.4, 0.5) is 11.4 Å². The van der Waals surface area contributed by atoms with E-state index in [-0.39, 0.29) is 17.1 Å². The summed E-state index contributed by atoms with van der Waals surface area (Å²) in [6.07, 6.45) is -2.16. The third kappa shape index (κ3) is 5.68. The largest absolute Gasteiger partial charge is 0.494 e. The van der Waals surface area contributed by atoms with Gasteiger partial charge in [0.25, 0.3) is 11.6 Å². The summed E-state index contributed by atoms with van der Waals surface area (Å²) in [5.41, 5.74) is 0.445. The summed E-state index contributed by atoms with van der Waals surface area (Å²) in [6, 6.07) is 11.8. The molecule has 0 radical (unpaired) electrons. The van der Waals surface area contributed by atoms with E-state index >= 15 is 0 Å². The highest BCUT2D eigenvalue weighted by atomic mass is 16.6. The number of nitro groups is 1. The standard InChI is InChI=1S/C20H19N3O7/c1-12(19(24)22-17-9-6-15(23(26)27)10-18(17)28-3)30-20(25)13(2)29-16-7-4-14(11-21)5-8-16/h4-10,12-13H,1-3H3,(H,22,24)/t12-,13+/m0/s1. The molecule has 156 valence electrons. The zero-order valence-corrected chi connectivity index (χ0v) is 16.4. The number of nitrogens with zero attached hydrogens (tertiary/aromatic N) is 2. The number of ether oxygens (including phenoxy) is 3. The fraction of sp³-hybridized carbons (Fsp3) is 0.250. The van der Waals surface area contributed by atoms with Crippen molar-refractivity contribution < 1.29 is 28.7 Å². The molecule has 2 rings (SSSR count). The first-order chi connectivity index (χ1) is 14.2. The SMILES string of the molecule is COc1cc([N+](=O)[O-])ccc1NC(=O)[C@H](C)OC(=O)[C@@H](C)Oc1ccc(C#N)cc1. The molecular weight excluding hydrogens is 394 g/mol. The number of esters is 1. The Morgan fingerprint density at radius 2 is 1.80 bits per heavy atom. The maximum Gasteiger partial charge on any atom is 0.347 e. The van der Waals surface area contributed by atoms with Gasteiger partial charge in [0.1, 0.15) is 11.5 Å². The van der Waals surface area contributed by atoms with Crippen molar-refractivity contribution in [3.05, 3.63) is 58.1 Å². The van der Waals surface area contributed by atoms with E-state index in [4.69, 9.17) is 19.5 Å². The van der Waals surface area contributed by atoms with Gasteiger partial charge in [-0.25, -0.2) is 4.79 Å². The Labute approximate surface area is 172 Å². The second kappa shape index (κ2) is 9.88. The second-order valence-electron chi connectivity index (χ2n) is 6.11. The highest BCUT2D eigenvalue weighted by molar-refractivity contribution is 5.96. The van der Waals surface area contributed by atoms with E-state index in [1.165, 1.54) is 39.2 Å². The van der Waals surface area contributed by atoms with Crippen molar-refractivity contribution in [2.45, 2.75) is 26.1 Å². The van der Waals surface area contributed by atoms with E-state index in [2.05, 4.69) is 5.32 Å².